The van der Waals surface area contributed by atoms with Gasteiger partial charge in [0.25, 0.3) is 0 Å². The molecule has 1 saturated heterocycles. The summed E-state index contributed by atoms with van der Waals surface area (Å²) in [6, 6.07) is 0.348. The predicted octanol–water partition coefficient (Wildman–Crippen LogP) is 1.81. The van der Waals surface area contributed by atoms with E-state index in [9.17, 15) is 4.79 Å². The molecule has 1 aliphatic heterocycles. The third kappa shape index (κ3) is 3.20. The Labute approximate surface area is 151 Å². The minimum absolute atomic E-state index is 0.147. The molecule has 4 rings (SSSR count). The van der Waals surface area contributed by atoms with Crippen LogP contribution in [0.3, 0.4) is 0 Å². The van der Waals surface area contributed by atoms with Gasteiger partial charge >= 0.3 is 0 Å². The summed E-state index contributed by atoms with van der Waals surface area (Å²) in [5.74, 6) is 0.147. The fourth-order valence-electron chi connectivity index (χ4n) is 4.11. The summed E-state index contributed by atoms with van der Waals surface area (Å²) in [4.78, 5) is 25.4. The maximum Gasteiger partial charge on any atom is 0.247 e. The van der Waals surface area contributed by atoms with Crippen molar-refractivity contribution in [3.05, 3.63) is 29.2 Å². The fourth-order valence-corrected chi connectivity index (χ4v) is 4.79. The highest BCUT2D eigenvalue weighted by Crippen LogP contribution is 2.56. The van der Waals surface area contributed by atoms with Gasteiger partial charge < -0.3 is 4.90 Å². The van der Waals surface area contributed by atoms with Crippen LogP contribution in [0.15, 0.2) is 24.2 Å². The van der Waals surface area contributed by atoms with Gasteiger partial charge in [-0.05, 0) is 38.6 Å². The van der Waals surface area contributed by atoms with Gasteiger partial charge in [0, 0.05) is 30.7 Å². The zero-order valence-corrected chi connectivity index (χ0v) is 15.5. The van der Waals surface area contributed by atoms with Crippen LogP contribution in [-0.4, -0.2) is 61.6 Å². The summed E-state index contributed by atoms with van der Waals surface area (Å²) in [6.07, 6.45) is 8.39. The van der Waals surface area contributed by atoms with E-state index in [1.54, 1.807) is 22.3 Å². The van der Waals surface area contributed by atoms with Crippen LogP contribution in [0.4, 0.5) is 0 Å². The largest absolute Gasteiger partial charge is 0.341 e. The molecule has 2 atom stereocenters. The average molecular weight is 360 g/mol. The Bertz CT molecular complexity index is 708. The number of hydrogen-bond acceptors (Lipinski definition) is 6. The van der Waals surface area contributed by atoms with Crippen molar-refractivity contribution in [1.29, 1.82) is 0 Å². The van der Waals surface area contributed by atoms with Crippen LogP contribution in [0, 0.1) is 5.41 Å². The van der Waals surface area contributed by atoms with Gasteiger partial charge in [-0.25, -0.2) is 14.6 Å². The van der Waals surface area contributed by atoms with Crippen LogP contribution in [-0.2, 0) is 11.3 Å². The molecule has 0 bridgehead atoms. The first-order valence-electron chi connectivity index (χ1n) is 8.80. The normalized spacial score (nSPS) is 23.2. The molecule has 2 aliphatic rings. The monoisotopic (exact) mass is 360 g/mol. The third-order valence-electron chi connectivity index (χ3n) is 5.81. The molecule has 1 saturated carbocycles. The molecule has 3 heterocycles. The Hall–Kier alpha value is -1.80. The molecule has 0 aromatic carbocycles. The molecule has 7 nitrogen and oxygen atoms in total. The van der Waals surface area contributed by atoms with E-state index < -0.39 is 0 Å². The Kier molecular flexibility index (Phi) is 4.33. The van der Waals surface area contributed by atoms with Crippen LogP contribution in [0.5, 0.6) is 0 Å². The Balaban J connectivity index is 1.31. The van der Waals surface area contributed by atoms with Crippen molar-refractivity contribution in [2.24, 2.45) is 5.41 Å². The number of hydrogen-bond donors (Lipinski definition) is 0. The van der Waals surface area contributed by atoms with Crippen LogP contribution in [0.1, 0.15) is 37.2 Å². The molecule has 134 valence electrons. The van der Waals surface area contributed by atoms with Gasteiger partial charge in [0.15, 0.2) is 0 Å². The first-order chi connectivity index (χ1) is 12.1. The number of nitrogens with zero attached hydrogens (tertiary/aromatic N) is 6. The van der Waals surface area contributed by atoms with Crippen molar-refractivity contribution in [2.75, 3.05) is 20.1 Å². The van der Waals surface area contributed by atoms with E-state index in [1.807, 2.05) is 23.4 Å². The van der Waals surface area contributed by atoms with E-state index in [0.717, 1.165) is 32.5 Å². The van der Waals surface area contributed by atoms with Crippen molar-refractivity contribution in [2.45, 2.75) is 44.8 Å². The van der Waals surface area contributed by atoms with Gasteiger partial charge in [0.1, 0.15) is 23.7 Å². The number of amides is 1. The van der Waals surface area contributed by atoms with Crippen LogP contribution in [0.2, 0.25) is 0 Å². The zero-order valence-electron chi connectivity index (χ0n) is 14.7. The number of piperidine rings is 1. The molecular formula is C17H24N6OS. The third-order valence-corrected chi connectivity index (χ3v) is 6.57. The molecule has 25 heavy (non-hydrogen) atoms. The summed E-state index contributed by atoms with van der Waals surface area (Å²) >= 11 is 1.72. The van der Waals surface area contributed by atoms with E-state index >= 15 is 0 Å². The van der Waals surface area contributed by atoms with Crippen molar-refractivity contribution < 1.29 is 4.79 Å². The van der Waals surface area contributed by atoms with E-state index in [2.05, 4.69) is 27.0 Å². The number of carbonyl (C=O) groups excluding carboxylic acids is 1. The van der Waals surface area contributed by atoms with Gasteiger partial charge in [-0.1, -0.05) is 0 Å². The lowest BCUT2D eigenvalue weighted by atomic mass is 9.92. The zero-order chi connectivity index (χ0) is 17.4. The Morgan fingerprint density at radius 2 is 2.28 bits per heavy atom. The first kappa shape index (κ1) is 16.7. The minimum Gasteiger partial charge on any atom is -0.341 e. The van der Waals surface area contributed by atoms with Gasteiger partial charge in [-0.2, -0.15) is 5.10 Å². The van der Waals surface area contributed by atoms with E-state index in [4.69, 9.17) is 0 Å². The lowest BCUT2D eigenvalue weighted by Crippen LogP contribution is -2.43. The lowest BCUT2D eigenvalue weighted by molar-refractivity contribution is -0.136. The molecule has 0 radical (unpaired) electrons. The van der Waals surface area contributed by atoms with Crippen LogP contribution >= 0.6 is 11.3 Å². The second-order valence-electron chi connectivity index (χ2n) is 7.30. The molecule has 1 amide bonds. The lowest BCUT2D eigenvalue weighted by Gasteiger charge is -2.35. The SMILES string of the molecule is C[C@@H](C(=O)N1CCC2(CC1)C[C@@H]2N(C)Cc1nccs1)n1cncn1. The Morgan fingerprint density at radius 1 is 1.48 bits per heavy atom. The number of aromatic nitrogens is 4. The number of rotatable bonds is 5. The molecule has 8 heteroatoms. The number of carbonyl (C=O) groups is 1. The second kappa shape index (κ2) is 6.49. The summed E-state index contributed by atoms with van der Waals surface area (Å²) < 4.78 is 1.63. The van der Waals surface area contributed by atoms with Crippen molar-refractivity contribution >= 4 is 17.2 Å². The standard InChI is InChI=1S/C17H24N6OS/c1-13(23-12-18-11-20-23)16(24)22-6-3-17(4-7-22)9-14(17)21(2)10-15-19-5-8-25-15/h5,8,11-14H,3-4,6-7,9-10H2,1-2H3/t13-,14-/m0/s1. The predicted molar refractivity (Wildman–Crippen MR) is 95.0 cm³/mol. The molecule has 0 unspecified atom stereocenters. The van der Waals surface area contributed by atoms with Crippen LogP contribution < -0.4 is 0 Å². The average Bonchev–Trinajstić information content (AvgIpc) is 3.06. The van der Waals surface area contributed by atoms with Gasteiger partial charge in [-0.3, -0.25) is 9.69 Å². The number of likely N-dealkylation sites (tertiary alicyclic amines) is 1. The van der Waals surface area contributed by atoms with Crippen molar-refractivity contribution in [3.8, 4) is 0 Å². The second-order valence-corrected chi connectivity index (χ2v) is 8.28. The van der Waals surface area contributed by atoms with Gasteiger partial charge in [0.2, 0.25) is 5.91 Å². The van der Waals surface area contributed by atoms with Gasteiger partial charge in [0.05, 0.1) is 6.54 Å². The fraction of sp³-hybridized carbons (Fsp3) is 0.647. The van der Waals surface area contributed by atoms with Crippen LogP contribution in [0.25, 0.3) is 0 Å². The highest BCUT2D eigenvalue weighted by Gasteiger charge is 2.57. The molecule has 2 aromatic heterocycles. The maximum absolute atomic E-state index is 12.7. The number of thiazole rings is 1. The molecule has 0 N–H and O–H groups in total. The maximum atomic E-state index is 12.7. The van der Waals surface area contributed by atoms with E-state index in [0.29, 0.717) is 11.5 Å². The summed E-state index contributed by atoms with van der Waals surface area (Å²) in [7, 11) is 2.20. The molecule has 2 fully saturated rings. The molecular weight excluding hydrogens is 336 g/mol. The minimum atomic E-state index is -0.279. The Morgan fingerprint density at radius 3 is 2.92 bits per heavy atom. The quantitative estimate of drug-likeness (QED) is 0.813. The smallest absolute Gasteiger partial charge is 0.247 e. The van der Waals surface area contributed by atoms with Crippen molar-refractivity contribution in [3.63, 3.8) is 0 Å². The van der Waals surface area contributed by atoms with Gasteiger partial charge in [-0.15, -0.1) is 11.3 Å². The highest BCUT2D eigenvalue weighted by atomic mass is 32.1. The summed E-state index contributed by atoms with van der Waals surface area (Å²) in [5, 5.41) is 7.30. The van der Waals surface area contributed by atoms with Crippen molar-refractivity contribution in [1.82, 2.24) is 29.5 Å². The highest BCUT2D eigenvalue weighted by molar-refractivity contribution is 7.09. The van der Waals surface area contributed by atoms with E-state index in [1.165, 1.54) is 17.8 Å². The first-order valence-corrected chi connectivity index (χ1v) is 9.68. The molecule has 2 aromatic rings. The summed E-state index contributed by atoms with van der Waals surface area (Å²) in [5.41, 5.74) is 0.402. The topological polar surface area (TPSA) is 67.2 Å². The molecule has 1 aliphatic carbocycles. The molecule has 1 spiro atoms. The summed E-state index contributed by atoms with van der Waals surface area (Å²) in [6.45, 7) is 4.51. The van der Waals surface area contributed by atoms with E-state index in [-0.39, 0.29) is 11.9 Å².